The second-order valence-electron chi connectivity index (χ2n) is 5.58. The van der Waals surface area contributed by atoms with Crippen LogP contribution in [0.15, 0.2) is 42.5 Å². The van der Waals surface area contributed by atoms with Crippen molar-refractivity contribution in [3.8, 4) is 0 Å². The molecule has 5 nitrogen and oxygen atoms in total. The number of carboxylic acid groups (broad SMARTS) is 1. The van der Waals surface area contributed by atoms with E-state index in [2.05, 4.69) is 14.8 Å². The van der Waals surface area contributed by atoms with E-state index in [0.717, 1.165) is 43.6 Å². The summed E-state index contributed by atoms with van der Waals surface area (Å²) in [5, 5.41) is 9.79. The number of carboxylic acids is 1. The van der Waals surface area contributed by atoms with E-state index in [1.165, 1.54) is 11.6 Å². The van der Waals surface area contributed by atoms with Gasteiger partial charge in [-0.1, -0.05) is 29.8 Å². The highest BCUT2D eigenvalue weighted by molar-refractivity contribution is 6.30. The quantitative estimate of drug-likeness (QED) is 0.933. The molecule has 1 saturated heterocycles. The predicted molar refractivity (Wildman–Crippen MR) is 90.1 cm³/mol. The van der Waals surface area contributed by atoms with E-state index in [1.54, 1.807) is 6.07 Å². The van der Waals surface area contributed by atoms with Crippen LogP contribution in [-0.4, -0.2) is 47.1 Å². The van der Waals surface area contributed by atoms with Crippen molar-refractivity contribution in [2.45, 2.75) is 6.54 Å². The molecule has 1 N–H and O–H groups in total. The van der Waals surface area contributed by atoms with Crippen LogP contribution in [0.5, 0.6) is 0 Å². The van der Waals surface area contributed by atoms with E-state index in [4.69, 9.17) is 16.7 Å². The first-order valence-electron chi connectivity index (χ1n) is 7.54. The third-order valence-electron chi connectivity index (χ3n) is 3.97. The summed E-state index contributed by atoms with van der Waals surface area (Å²) in [7, 11) is 0. The minimum atomic E-state index is -0.992. The van der Waals surface area contributed by atoms with Crippen molar-refractivity contribution >= 4 is 23.4 Å². The van der Waals surface area contributed by atoms with E-state index >= 15 is 0 Å². The monoisotopic (exact) mass is 331 g/mol. The van der Waals surface area contributed by atoms with Crippen LogP contribution >= 0.6 is 11.6 Å². The molecule has 2 heterocycles. The number of nitrogens with zero attached hydrogens (tertiary/aromatic N) is 3. The predicted octanol–water partition coefficient (Wildman–Crippen LogP) is 2.76. The highest BCUT2D eigenvalue weighted by Crippen LogP contribution is 2.16. The normalized spacial score (nSPS) is 15.6. The summed E-state index contributed by atoms with van der Waals surface area (Å²) < 4.78 is 0. The SMILES string of the molecule is O=C(O)c1cccc(N2CCN(Cc3ccc(Cl)cc3)CC2)n1. The number of anilines is 1. The van der Waals surface area contributed by atoms with Crippen LogP contribution in [0, 0.1) is 0 Å². The van der Waals surface area contributed by atoms with Crippen molar-refractivity contribution in [2.75, 3.05) is 31.1 Å². The zero-order chi connectivity index (χ0) is 16.2. The average molecular weight is 332 g/mol. The van der Waals surface area contributed by atoms with Crippen LogP contribution in [0.4, 0.5) is 5.82 Å². The Balaban J connectivity index is 1.59. The molecule has 2 aromatic rings. The lowest BCUT2D eigenvalue weighted by Crippen LogP contribution is -2.46. The van der Waals surface area contributed by atoms with Gasteiger partial charge in [-0.05, 0) is 29.8 Å². The Morgan fingerprint density at radius 2 is 1.78 bits per heavy atom. The van der Waals surface area contributed by atoms with Crippen molar-refractivity contribution in [2.24, 2.45) is 0 Å². The zero-order valence-corrected chi connectivity index (χ0v) is 13.4. The van der Waals surface area contributed by atoms with E-state index in [9.17, 15) is 4.79 Å². The molecule has 0 spiro atoms. The summed E-state index contributed by atoms with van der Waals surface area (Å²) in [6, 6.07) is 13.0. The van der Waals surface area contributed by atoms with E-state index < -0.39 is 5.97 Å². The average Bonchev–Trinajstić information content (AvgIpc) is 2.58. The van der Waals surface area contributed by atoms with Gasteiger partial charge < -0.3 is 10.0 Å². The topological polar surface area (TPSA) is 56.7 Å². The summed E-state index contributed by atoms with van der Waals surface area (Å²) in [6.07, 6.45) is 0. The first-order chi connectivity index (χ1) is 11.1. The van der Waals surface area contributed by atoms with E-state index in [0.29, 0.717) is 0 Å². The first-order valence-corrected chi connectivity index (χ1v) is 7.92. The summed E-state index contributed by atoms with van der Waals surface area (Å²) in [6.45, 7) is 4.41. The minimum absolute atomic E-state index is 0.0890. The van der Waals surface area contributed by atoms with Gasteiger partial charge in [0.05, 0.1) is 0 Å². The molecule has 0 saturated carbocycles. The number of halogens is 1. The minimum Gasteiger partial charge on any atom is -0.477 e. The second-order valence-corrected chi connectivity index (χ2v) is 6.01. The van der Waals surface area contributed by atoms with Crippen molar-refractivity contribution in [3.05, 3.63) is 58.7 Å². The van der Waals surface area contributed by atoms with Gasteiger partial charge >= 0.3 is 5.97 Å². The van der Waals surface area contributed by atoms with Gasteiger partial charge in [0.15, 0.2) is 5.69 Å². The number of pyridine rings is 1. The van der Waals surface area contributed by atoms with Gasteiger partial charge in [-0.2, -0.15) is 0 Å². The number of aromatic carboxylic acids is 1. The first kappa shape index (κ1) is 15.8. The number of benzene rings is 1. The molecule has 1 aliphatic rings. The van der Waals surface area contributed by atoms with Crippen LogP contribution in [-0.2, 0) is 6.54 Å². The molecule has 1 aromatic heterocycles. The highest BCUT2D eigenvalue weighted by atomic mass is 35.5. The number of hydrogen-bond donors (Lipinski definition) is 1. The fourth-order valence-corrected chi connectivity index (χ4v) is 2.83. The molecular weight excluding hydrogens is 314 g/mol. The van der Waals surface area contributed by atoms with E-state index in [-0.39, 0.29) is 5.69 Å². The molecule has 6 heteroatoms. The Bertz CT molecular complexity index is 682. The number of hydrogen-bond acceptors (Lipinski definition) is 4. The molecule has 0 atom stereocenters. The smallest absolute Gasteiger partial charge is 0.354 e. The van der Waals surface area contributed by atoms with Gasteiger partial charge in [0.25, 0.3) is 0 Å². The molecule has 0 aliphatic carbocycles. The van der Waals surface area contributed by atoms with Gasteiger partial charge in [0.2, 0.25) is 0 Å². The fourth-order valence-electron chi connectivity index (χ4n) is 2.70. The Hall–Kier alpha value is -2.11. The standard InChI is InChI=1S/C17H18ClN3O2/c18-14-6-4-13(5-7-14)12-20-8-10-21(11-9-20)16-3-1-2-15(19-16)17(22)23/h1-7H,8-12H2,(H,22,23). The third-order valence-corrected chi connectivity index (χ3v) is 4.22. The second kappa shape index (κ2) is 6.98. The molecule has 0 radical (unpaired) electrons. The summed E-state index contributed by atoms with van der Waals surface area (Å²) >= 11 is 5.91. The molecule has 3 rings (SSSR count). The lowest BCUT2D eigenvalue weighted by Gasteiger charge is -2.35. The maximum atomic E-state index is 11.0. The maximum absolute atomic E-state index is 11.0. The molecule has 0 amide bonds. The van der Waals surface area contributed by atoms with Crippen molar-refractivity contribution in [3.63, 3.8) is 0 Å². The lowest BCUT2D eigenvalue weighted by molar-refractivity contribution is 0.0690. The van der Waals surface area contributed by atoms with Crippen LogP contribution < -0.4 is 4.90 Å². The van der Waals surface area contributed by atoms with Crippen LogP contribution in [0.1, 0.15) is 16.1 Å². The Kier molecular flexibility index (Phi) is 4.79. The van der Waals surface area contributed by atoms with Gasteiger partial charge in [-0.15, -0.1) is 0 Å². The fraction of sp³-hybridized carbons (Fsp3) is 0.294. The molecule has 0 unspecified atom stereocenters. The van der Waals surface area contributed by atoms with Crippen LogP contribution in [0.2, 0.25) is 5.02 Å². The van der Waals surface area contributed by atoms with Crippen LogP contribution in [0.25, 0.3) is 0 Å². The van der Waals surface area contributed by atoms with Crippen molar-refractivity contribution < 1.29 is 9.90 Å². The Morgan fingerprint density at radius 3 is 2.43 bits per heavy atom. The highest BCUT2D eigenvalue weighted by Gasteiger charge is 2.19. The summed E-state index contributed by atoms with van der Waals surface area (Å²) in [5.74, 6) is -0.260. The van der Waals surface area contributed by atoms with Gasteiger partial charge in [-0.3, -0.25) is 4.90 Å². The summed E-state index contributed by atoms with van der Waals surface area (Å²) in [4.78, 5) is 19.7. The molecule has 0 bridgehead atoms. The Labute approximate surface area is 140 Å². The largest absolute Gasteiger partial charge is 0.477 e. The molecule has 23 heavy (non-hydrogen) atoms. The summed E-state index contributed by atoms with van der Waals surface area (Å²) in [5.41, 5.74) is 1.33. The Morgan fingerprint density at radius 1 is 1.09 bits per heavy atom. The number of piperazine rings is 1. The maximum Gasteiger partial charge on any atom is 0.354 e. The van der Waals surface area contributed by atoms with Crippen LogP contribution in [0.3, 0.4) is 0 Å². The molecule has 1 fully saturated rings. The van der Waals surface area contributed by atoms with Gasteiger partial charge in [0.1, 0.15) is 5.82 Å². The lowest BCUT2D eigenvalue weighted by atomic mass is 10.2. The molecular formula is C17H18ClN3O2. The molecule has 1 aliphatic heterocycles. The van der Waals surface area contributed by atoms with E-state index in [1.807, 2.05) is 30.3 Å². The van der Waals surface area contributed by atoms with Gasteiger partial charge in [0, 0.05) is 37.7 Å². The molecule has 1 aromatic carbocycles. The van der Waals surface area contributed by atoms with Gasteiger partial charge in [-0.25, -0.2) is 9.78 Å². The zero-order valence-electron chi connectivity index (χ0n) is 12.7. The van der Waals surface area contributed by atoms with Crippen molar-refractivity contribution in [1.29, 1.82) is 0 Å². The van der Waals surface area contributed by atoms with Crippen molar-refractivity contribution in [1.82, 2.24) is 9.88 Å². The number of aromatic nitrogens is 1. The number of rotatable bonds is 4. The molecule has 120 valence electrons. The third kappa shape index (κ3) is 4.00. The number of carbonyl (C=O) groups is 1.